The number of nitrogens with zero attached hydrogens (tertiary/aromatic N) is 2. The van der Waals surface area contributed by atoms with Crippen molar-refractivity contribution in [2.24, 2.45) is 0 Å². The summed E-state index contributed by atoms with van der Waals surface area (Å²) in [5, 5.41) is 3.74. The second kappa shape index (κ2) is 14.0. The first kappa shape index (κ1) is 31.5. The van der Waals surface area contributed by atoms with E-state index in [0.29, 0.717) is 27.7 Å². The highest BCUT2D eigenvalue weighted by molar-refractivity contribution is 7.92. The van der Waals surface area contributed by atoms with Crippen molar-refractivity contribution in [2.75, 3.05) is 10.8 Å². The van der Waals surface area contributed by atoms with Crippen molar-refractivity contribution >= 4 is 50.7 Å². The van der Waals surface area contributed by atoms with Crippen molar-refractivity contribution in [3.8, 4) is 0 Å². The summed E-state index contributed by atoms with van der Waals surface area (Å²) in [5.74, 6) is -0.860. The van der Waals surface area contributed by atoms with Crippen LogP contribution in [-0.2, 0) is 26.2 Å². The van der Waals surface area contributed by atoms with E-state index in [1.54, 1.807) is 54.6 Å². The summed E-state index contributed by atoms with van der Waals surface area (Å²) < 4.78 is 28.8. The number of carbonyl (C=O) groups excluding carboxylic acids is 2. The molecule has 0 aromatic heterocycles. The van der Waals surface area contributed by atoms with Crippen LogP contribution in [0.1, 0.15) is 44.7 Å². The lowest BCUT2D eigenvalue weighted by Gasteiger charge is -2.34. The SMILES string of the molecule is CCC(C)NC(=O)C(CC)N(Cc1ccc(Cl)cc1Cl)C(=O)CN(c1cccc(C)c1)S(=O)(=O)c1ccccc1. The van der Waals surface area contributed by atoms with Gasteiger partial charge in [-0.3, -0.25) is 13.9 Å². The molecular weight excluding hydrogens is 569 g/mol. The minimum absolute atomic E-state index is 0.00564. The van der Waals surface area contributed by atoms with Gasteiger partial charge in [0.2, 0.25) is 11.8 Å². The Labute approximate surface area is 247 Å². The first-order valence-electron chi connectivity index (χ1n) is 13.2. The first-order valence-corrected chi connectivity index (χ1v) is 15.4. The molecule has 1 N–H and O–H groups in total. The van der Waals surface area contributed by atoms with E-state index in [0.717, 1.165) is 16.3 Å². The van der Waals surface area contributed by atoms with Crippen LogP contribution in [0.4, 0.5) is 5.69 Å². The summed E-state index contributed by atoms with van der Waals surface area (Å²) in [6, 6.07) is 18.9. The Morgan fingerprint density at radius 1 is 0.925 bits per heavy atom. The lowest BCUT2D eigenvalue weighted by atomic mass is 10.1. The van der Waals surface area contributed by atoms with Gasteiger partial charge in [-0.2, -0.15) is 0 Å². The zero-order valence-corrected chi connectivity index (χ0v) is 25.4. The van der Waals surface area contributed by atoms with Gasteiger partial charge in [-0.15, -0.1) is 0 Å². The fourth-order valence-corrected chi connectivity index (χ4v) is 6.12. The average molecular weight is 605 g/mol. The molecular formula is C30H35Cl2N3O4S. The Balaban J connectivity index is 2.07. The smallest absolute Gasteiger partial charge is 0.264 e. The van der Waals surface area contributed by atoms with Crippen molar-refractivity contribution in [2.45, 2.75) is 64.1 Å². The molecule has 3 aromatic rings. The van der Waals surface area contributed by atoms with Gasteiger partial charge in [-0.25, -0.2) is 8.42 Å². The second-order valence-corrected chi connectivity index (χ2v) is 12.4. The van der Waals surface area contributed by atoms with Gasteiger partial charge in [0.25, 0.3) is 10.0 Å². The van der Waals surface area contributed by atoms with Gasteiger partial charge in [0, 0.05) is 22.6 Å². The number of hydrogen-bond donors (Lipinski definition) is 1. The predicted molar refractivity (Wildman–Crippen MR) is 161 cm³/mol. The van der Waals surface area contributed by atoms with E-state index in [1.165, 1.54) is 17.0 Å². The van der Waals surface area contributed by atoms with Crippen molar-refractivity contribution < 1.29 is 18.0 Å². The highest BCUT2D eigenvalue weighted by Gasteiger charge is 2.34. The molecule has 0 fully saturated rings. The zero-order valence-electron chi connectivity index (χ0n) is 23.1. The van der Waals surface area contributed by atoms with E-state index in [4.69, 9.17) is 23.2 Å². The van der Waals surface area contributed by atoms with Gasteiger partial charge < -0.3 is 10.2 Å². The van der Waals surface area contributed by atoms with Gasteiger partial charge in [-0.1, -0.05) is 73.4 Å². The Morgan fingerprint density at radius 3 is 2.23 bits per heavy atom. The minimum atomic E-state index is -4.12. The number of sulfonamides is 1. The molecule has 0 aliphatic heterocycles. The highest BCUT2D eigenvalue weighted by atomic mass is 35.5. The van der Waals surface area contributed by atoms with Crippen LogP contribution in [0.15, 0.2) is 77.7 Å². The molecule has 0 aliphatic carbocycles. The summed E-state index contributed by atoms with van der Waals surface area (Å²) in [5.41, 5.74) is 1.77. The molecule has 3 rings (SSSR count). The summed E-state index contributed by atoms with van der Waals surface area (Å²) in [4.78, 5) is 28.9. The largest absolute Gasteiger partial charge is 0.352 e. The molecule has 0 aliphatic rings. The Bertz CT molecular complexity index is 1430. The summed E-state index contributed by atoms with van der Waals surface area (Å²) in [7, 11) is -4.12. The van der Waals surface area contributed by atoms with E-state index >= 15 is 0 Å². The molecule has 7 nitrogen and oxygen atoms in total. The minimum Gasteiger partial charge on any atom is -0.352 e. The highest BCUT2D eigenvalue weighted by Crippen LogP contribution is 2.27. The molecule has 214 valence electrons. The molecule has 0 saturated heterocycles. The van der Waals surface area contributed by atoms with Gasteiger partial charge >= 0.3 is 0 Å². The third-order valence-corrected chi connectivity index (χ3v) is 9.02. The molecule has 10 heteroatoms. The molecule has 2 amide bonds. The molecule has 2 unspecified atom stereocenters. The number of benzene rings is 3. The van der Waals surface area contributed by atoms with E-state index < -0.39 is 28.5 Å². The van der Waals surface area contributed by atoms with Crippen LogP contribution in [0, 0.1) is 6.92 Å². The standard InChI is InChI=1S/C30H35Cl2N3O4S/c1-5-22(4)33-30(37)28(6-2)34(19-23-15-16-24(31)18-27(23)32)29(36)20-35(25-12-10-11-21(3)17-25)40(38,39)26-13-8-7-9-14-26/h7-18,22,28H,5-6,19-20H2,1-4H3,(H,33,37). The summed E-state index contributed by atoms with van der Waals surface area (Å²) in [6.07, 6.45) is 1.03. The quantitative estimate of drug-likeness (QED) is 0.266. The average Bonchev–Trinajstić information content (AvgIpc) is 2.92. The third kappa shape index (κ3) is 7.77. The maximum absolute atomic E-state index is 14.1. The first-order chi connectivity index (χ1) is 19.0. The van der Waals surface area contributed by atoms with E-state index in [1.807, 2.05) is 33.8 Å². The molecule has 0 bridgehead atoms. The monoisotopic (exact) mass is 603 g/mol. The summed E-state index contributed by atoms with van der Waals surface area (Å²) in [6.45, 7) is 6.98. The number of halogens is 2. The Kier molecular flexibility index (Phi) is 11.0. The molecule has 0 radical (unpaired) electrons. The topological polar surface area (TPSA) is 86.8 Å². The van der Waals surface area contributed by atoms with Crippen LogP contribution in [0.3, 0.4) is 0 Å². The molecule has 0 heterocycles. The van der Waals surface area contributed by atoms with Crippen LogP contribution in [-0.4, -0.2) is 43.8 Å². The Morgan fingerprint density at radius 2 is 1.62 bits per heavy atom. The lowest BCUT2D eigenvalue weighted by molar-refractivity contribution is -0.140. The molecule has 0 saturated carbocycles. The van der Waals surface area contributed by atoms with Crippen molar-refractivity contribution in [1.29, 1.82) is 0 Å². The van der Waals surface area contributed by atoms with Crippen LogP contribution in [0.2, 0.25) is 10.0 Å². The zero-order chi connectivity index (χ0) is 29.4. The molecule has 2 atom stereocenters. The van der Waals surface area contributed by atoms with Gasteiger partial charge in [0.15, 0.2) is 0 Å². The van der Waals surface area contributed by atoms with Crippen LogP contribution >= 0.6 is 23.2 Å². The molecule has 40 heavy (non-hydrogen) atoms. The second-order valence-electron chi connectivity index (χ2n) is 9.66. The fraction of sp³-hybridized carbons (Fsp3) is 0.333. The van der Waals surface area contributed by atoms with Crippen LogP contribution < -0.4 is 9.62 Å². The lowest BCUT2D eigenvalue weighted by Crippen LogP contribution is -2.53. The van der Waals surface area contributed by atoms with Gasteiger partial charge in [-0.05, 0) is 74.2 Å². The fourth-order valence-electron chi connectivity index (χ4n) is 4.23. The maximum atomic E-state index is 14.1. The molecule has 3 aromatic carbocycles. The number of carbonyl (C=O) groups is 2. The van der Waals surface area contributed by atoms with Crippen molar-refractivity contribution in [3.05, 3.63) is 94.0 Å². The summed E-state index contributed by atoms with van der Waals surface area (Å²) >= 11 is 12.5. The van der Waals surface area contributed by atoms with E-state index in [-0.39, 0.29) is 23.4 Å². The van der Waals surface area contributed by atoms with Crippen LogP contribution in [0.25, 0.3) is 0 Å². The number of anilines is 1. The third-order valence-electron chi connectivity index (χ3n) is 6.64. The Hall–Kier alpha value is -3.07. The number of rotatable bonds is 12. The number of hydrogen-bond acceptors (Lipinski definition) is 4. The predicted octanol–water partition coefficient (Wildman–Crippen LogP) is 6.22. The van der Waals surface area contributed by atoms with Gasteiger partial charge in [0.05, 0.1) is 10.6 Å². The van der Waals surface area contributed by atoms with Crippen LogP contribution in [0.5, 0.6) is 0 Å². The van der Waals surface area contributed by atoms with Gasteiger partial charge in [0.1, 0.15) is 12.6 Å². The number of aryl methyl sites for hydroxylation is 1. The van der Waals surface area contributed by atoms with Crippen molar-refractivity contribution in [1.82, 2.24) is 10.2 Å². The normalized spacial score (nSPS) is 12.8. The van der Waals surface area contributed by atoms with Crippen molar-refractivity contribution in [3.63, 3.8) is 0 Å². The molecule has 0 spiro atoms. The maximum Gasteiger partial charge on any atom is 0.264 e. The number of nitrogens with one attached hydrogen (secondary N) is 1. The number of amides is 2. The van der Waals surface area contributed by atoms with E-state index in [2.05, 4.69) is 5.32 Å². The van der Waals surface area contributed by atoms with E-state index in [9.17, 15) is 18.0 Å².